The van der Waals surface area contributed by atoms with E-state index in [0.29, 0.717) is 50.5 Å². The number of hydrogen-bond donors (Lipinski definition) is 1. The van der Waals surface area contributed by atoms with Gasteiger partial charge in [-0.25, -0.2) is 12.7 Å². The van der Waals surface area contributed by atoms with Gasteiger partial charge in [0.1, 0.15) is 0 Å². The molecule has 0 unspecified atom stereocenters. The van der Waals surface area contributed by atoms with Crippen LogP contribution in [-0.4, -0.2) is 50.7 Å². The Bertz CT molecular complexity index is 1060. The molecule has 192 valence electrons. The van der Waals surface area contributed by atoms with Gasteiger partial charge in [0.2, 0.25) is 15.9 Å². The third-order valence-corrected chi connectivity index (χ3v) is 8.21. The average Bonchev–Trinajstić information content (AvgIpc) is 2.86. The monoisotopic (exact) mass is 502 g/mol. The molecule has 1 saturated heterocycles. The van der Waals surface area contributed by atoms with Gasteiger partial charge in [-0.1, -0.05) is 36.4 Å². The summed E-state index contributed by atoms with van der Waals surface area (Å²) in [6.45, 7) is 7.52. The number of sulfonamides is 1. The maximum atomic E-state index is 13.0. The lowest BCUT2D eigenvalue weighted by Gasteiger charge is -2.32. The summed E-state index contributed by atoms with van der Waals surface area (Å²) < 4.78 is 38.7. The van der Waals surface area contributed by atoms with E-state index in [9.17, 15) is 13.2 Å². The Morgan fingerprint density at radius 2 is 1.80 bits per heavy atom. The minimum absolute atomic E-state index is 0.0963. The highest BCUT2D eigenvalue weighted by Crippen LogP contribution is 2.31. The Labute approximate surface area is 209 Å². The van der Waals surface area contributed by atoms with Gasteiger partial charge in [0.05, 0.1) is 30.9 Å². The Kier molecular flexibility index (Phi) is 9.98. The van der Waals surface area contributed by atoms with E-state index in [1.165, 1.54) is 4.31 Å². The first kappa shape index (κ1) is 27.0. The molecule has 7 nitrogen and oxygen atoms in total. The Morgan fingerprint density at radius 3 is 2.51 bits per heavy atom. The van der Waals surface area contributed by atoms with E-state index in [-0.39, 0.29) is 30.2 Å². The van der Waals surface area contributed by atoms with Crippen LogP contribution in [0.2, 0.25) is 0 Å². The first-order valence-corrected chi connectivity index (χ1v) is 14.2. The number of ether oxygens (including phenoxy) is 2. The molecular weight excluding hydrogens is 464 g/mol. The van der Waals surface area contributed by atoms with Crippen molar-refractivity contribution in [1.82, 2.24) is 9.62 Å². The number of rotatable bonds is 12. The standard InChI is InChI=1S/C27H38N2O5S/c1-4-33-25-16-15-23(19-26(25)34-5-2)21(3)28-27(30)24-14-9-17-29(20-24)35(31,32)18-10-13-22-11-7-6-8-12-22/h6-8,11-12,15-16,19,21,24H,4-5,9-10,13-14,17-18,20H2,1-3H3,(H,28,30)/t21-,24+/m0/s1. The zero-order chi connectivity index (χ0) is 25.3. The van der Waals surface area contributed by atoms with Crippen LogP contribution in [-0.2, 0) is 21.2 Å². The molecule has 1 amide bonds. The van der Waals surface area contributed by atoms with Gasteiger partial charge in [-0.15, -0.1) is 0 Å². The molecule has 3 rings (SSSR count). The highest BCUT2D eigenvalue weighted by Gasteiger charge is 2.32. The Hall–Kier alpha value is -2.58. The van der Waals surface area contributed by atoms with Gasteiger partial charge in [-0.05, 0) is 69.7 Å². The van der Waals surface area contributed by atoms with E-state index in [1.807, 2.05) is 69.3 Å². The third kappa shape index (κ3) is 7.70. The summed E-state index contributed by atoms with van der Waals surface area (Å²) in [6.07, 6.45) is 2.65. The Balaban J connectivity index is 1.57. The lowest BCUT2D eigenvalue weighted by atomic mass is 9.98. The third-order valence-electron chi connectivity index (χ3n) is 6.29. The van der Waals surface area contributed by atoms with Gasteiger partial charge < -0.3 is 14.8 Å². The minimum Gasteiger partial charge on any atom is -0.490 e. The van der Waals surface area contributed by atoms with Crippen molar-refractivity contribution >= 4 is 15.9 Å². The zero-order valence-corrected chi connectivity index (χ0v) is 21.9. The van der Waals surface area contributed by atoms with Gasteiger partial charge in [-0.2, -0.15) is 0 Å². The molecule has 1 aliphatic heterocycles. The van der Waals surface area contributed by atoms with E-state index >= 15 is 0 Å². The number of nitrogens with one attached hydrogen (secondary N) is 1. The van der Waals surface area contributed by atoms with Crippen LogP contribution in [0.15, 0.2) is 48.5 Å². The molecule has 8 heteroatoms. The number of amides is 1. The van der Waals surface area contributed by atoms with Crippen LogP contribution in [0.1, 0.15) is 57.2 Å². The van der Waals surface area contributed by atoms with Crippen LogP contribution < -0.4 is 14.8 Å². The molecule has 2 aromatic carbocycles. The van der Waals surface area contributed by atoms with Crippen molar-refractivity contribution in [3.05, 3.63) is 59.7 Å². The van der Waals surface area contributed by atoms with Crippen molar-refractivity contribution < 1.29 is 22.7 Å². The second-order valence-electron chi connectivity index (χ2n) is 8.90. The van der Waals surface area contributed by atoms with E-state index in [4.69, 9.17) is 9.47 Å². The first-order chi connectivity index (χ1) is 16.8. The summed E-state index contributed by atoms with van der Waals surface area (Å²) in [6, 6.07) is 15.3. The smallest absolute Gasteiger partial charge is 0.224 e. The summed E-state index contributed by atoms with van der Waals surface area (Å²) in [5, 5.41) is 3.07. The number of piperidine rings is 1. The van der Waals surface area contributed by atoms with E-state index in [1.54, 1.807) is 0 Å². The SMILES string of the molecule is CCOc1ccc([C@H](C)NC(=O)[C@@H]2CCCN(S(=O)(=O)CCCc3ccccc3)C2)cc1OCC. The average molecular weight is 503 g/mol. The lowest BCUT2D eigenvalue weighted by molar-refractivity contribution is -0.126. The predicted molar refractivity (Wildman–Crippen MR) is 138 cm³/mol. The molecule has 2 aromatic rings. The van der Waals surface area contributed by atoms with Crippen LogP contribution in [0.25, 0.3) is 0 Å². The summed E-state index contributed by atoms with van der Waals surface area (Å²) in [4.78, 5) is 13.0. The lowest BCUT2D eigenvalue weighted by Crippen LogP contribution is -2.46. The molecule has 0 saturated carbocycles. The van der Waals surface area contributed by atoms with Gasteiger partial charge in [-0.3, -0.25) is 4.79 Å². The number of carbonyl (C=O) groups excluding carboxylic acids is 1. The second kappa shape index (κ2) is 12.9. The first-order valence-electron chi connectivity index (χ1n) is 12.6. The summed E-state index contributed by atoms with van der Waals surface area (Å²) in [5.41, 5.74) is 2.04. The molecular formula is C27H38N2O5S. The highest BCUT2D eigenvalue weighted by atomic mass is 32.2. The van der Waals surface area contributed by atoms with Crippen LogP contribution in [0.4, 0.5) is 0 Å². The van der Waals surface area contributed by atoms with Crippen molar-refractivity contribution in [2.75, 3.05) is 32.1 Å². The van der Waals surface area contributed by atoms with Crippen molar-refractivity contribution in [3.8, 4) is 11.5 Å². The number of hydrogen-bond acceptors (Lipinski definition) is 5. The topological polar surface area (TPSA) is 84.9 Å². The van der Waals surface area contributed by atoms with Crippen LogP contribution in [0.5, 0.6) is 11.5 Å². The summed E-state index contributed by atoms with van der Waals surface area (Å²) >= 11 is 0. The molecule has 0 radical (unpaired) electrons. The minimum atomic E-state index is -3.40. The number of benzene rings is 2. The van der Waals surface area contributed by atoms with Crippen LogP contribution in [0.3, 0.4) is 0 Å². The van der Waals surface area contributed by atoms with Crippen molar-refractivity contribution in [2.45, 2.75) is 52.5 Å². The molecule has 0 bridgehead atoms. The Morgan fingerprint density at radius 1 is 1.09 bits per heavy atom. The molecule has 0 aromatic heterocycles. The molecule has 0 aliphatic carbocycles. The van der Waals surface area contributed by atoms with E-state index in [2.05, 4.69) is 5.32 Å². The summed E-state index contributed by atoms with van der Waals surface area (Å²) in [7, 11) is -3.40. The maximum absolute atomic E-state index is 13.0. The van der Waals surface area contributed by atoms with Crippen molar-refractivity contribution in [3.63, 3.8) is 0 Å². The zero-order valence-electron chi connectivity index (χ0n) is 21.0. The fourth-order valence-electron chi connectivity index (χ4n) is 4.39. The van der Waals surface area contributed by atoms with Gasteiger partial charge >= 0.3 is 0 Å². The van der Waals surface area contributed by atoms with E-state index in [0.717, 1.165) is 17.5 Å². The highest BCUT2D eigenvalue weighted by molar-refractivity contribution is 7.89. The fraction of sp³-hybridized carbons (Fsp3) is 0.519. The molecule has 1 fully saturated rings. The molecule has 1 heterocycles. The van der Waals surface area contributed by atoms with Crippen molar-refractivity contribution in [2.24, 2.45) is 5.92 Å². The molecule has 1 aliphatic rings. The predicted octanol–water partition coefficient (Wildman–Crippen LogP) is 4.34. The normalized spacial score (nSPS) is 17.5. The number of aryl methyl sites for hydroxylation is 1. The van der Waals surface area contributed by atoms with E-state index < -0.39 is 10.0 Å². The van der Waals surface area contributed by atoms with Crippen LogP contribution >= 0.6 is 0 Å². The quantitative estimate of drug-likeness (QED) is 0.467. The fourth-order valence-corrected chi connectivity index (χ4v) is 5.97. The molecule has 35 heavy (non-hydrogen) atoms. The maximum Gasteiger partial charge on any atom is 0.224 e. The van der Waals surface area contributed by atoms with Gasteiger partial charge in [0, 0.05) is 13.1 Å². The number of carbonyl (C=O) groups is 1. The van der Waals surface area contributed by atoms with Crippen LogP contribution in [0, 0.1) is 5.92 Å². The molecule has 0 spiro atoms. The molecule has 1 N–H and O–H groups in total. The second-order valence-corrected chi connectivity index (χ2v) is 11.0. The summed E-state index contributed by atoms with van der Waals surface area (Å²) in [5.74, 6) is 0.951. The van der Waals surface area contributed by atoms with Gasteiger partial charge in [0.15, 0.2) is 11.5 Å². The molecule has 2 atom stereocenters. The largest absolute Gasteiger partial charge is 0.490 e. The van der Waals surface area contributed by atoms with Crippen molar-refractivity contribution in [1.29, 1.82) is 0 Å². The van der Waals surface area contributed by atoms with Gasteiger partial charge in [0.25, 0.3) is 0 Å². The number of nitrogens with zero attached hydrogens (tertiary/aromatic N) is 1.